The van der Waals surface area contributed by atoms with E-state index in [1.54, 1.807) is 18.1 Å². The first kappa shape index (κ1) is 24.3. The van der Waals surface area contributed by atoms with Gasteiger partial charge in [0.05, 0.1) is 25.2 Å². The van der Waals surface area contributed by atoms with Gasteiger partial charge in [-0.05, 0) is 66.1 Å². The fourth-order valence-corrected chi connectivity index (χ4v) is 4.29. The van der Waals surface area contributed by atoms with Crippen molar-refractivity contribution in [1.29, 1.82) is 0 Å². The van der Waals surface area contributed by atoms with Crippen molar-refractivity contribution in [3.8, 4) is 17.2 Å². The third-order valence-corrected chi connectivity index (χ3v) is 6.19. The Balaban J connectivity index is 1.72. The summed E-state index contributed by atoms with van der Waals surface area (Å²) < 4.78 is 30.1. The molecular weight excluding hydrogens is 479 g/mol. The van der Waals surface area contributed by atoms with Gasteiger partial charge in [0, 0.05) is 18.2 Å². The van der Waals surface area contributed by atoms with Crippen molar-refractivity contribution in [1.82, 2.24) is 4.90 Å². The van der Waals surface area contributed by atoms with Crippen molar-refractivity contribution >= 4 is 23.2 Å². The number of nitro benzene ring substituents is 1. The second-order valence-electron chi connectivity index (χ2n) is 7.86. The molecule has 0 unspecified atom stereocenters. The van der Waals surface area contributed by atoms with E-state index in [0.717, 1.165) is 11.1 Å². The Bertz CT molecular complexity index is 1270. The van der Waals surface area contributed by atoms with Crippen molar-refractivity contribution in [2.24, 2.45) is 0 Å². The molecule has 8 nitrogen and oxygen atoms in total. The van der Waals surface area contributed by atoms with Crippen LogP contribution in [-0.4, -0.2) is 43.1 Å². The van der Waals surface area contributed by atoms with Gasteiger partial charge in [0.2, 0.25) is 0 Å². The number of carbonyl (C=O) groups is 1. The molecule has 0 aromatic heterocycles. The fraction of sp³-hybridized carbons (Fsp3) is 0.240. The molecule has 1 amide bonds. The minimum atomic E-state index is -0.628. The molecular formula is C25H22ClFN2O6. The summed E-state index contributed by atoms with van der Waals surface area (Å²) >= 11 is 5.93. The summed E-state index contributed by atoms with van der Waals surface area (Å²) in [5.41, 5.74) is 1.55. The molecule has 0 bridgehead atoms. The molecule has 0 saturated carbocycles. The van der Waals surface area contributed by atoms with E-state index in [0.29, 0.717) is 30.2 Å². The van der Waals surface area contributed by atoms with Crippen LogP contribution < -0.4 is 14.2 Å². The molecule has 1 atom stereocenters. The monoisotopic (exact) mass is 500 g/mol. The highest BCUT2D eigenvalue weighted by molar-refractivity contribution is 6.32. The second kappa shape index (κ2) is 10.2. The number of hydrogen-bond acceptors (Lipinski definition) is 6. The summed E-state index contributed by atoms with van der Waals surface area (Å²) in [5, 5.41) is 11.3. The predicted molar refractivity (Wildman–Crippen MR) is 127 cm³/mol. The highest BCUT2D eigenvalue weighted by atomic mass is 35.5. The van der Waals surface area contributed by atoms with E-state index in [1.807, 2.05) is 6.07 Å². The van der Waals surface area contributed by atoms with E-state index in [-0.39, 0.29) is 22.9 Å². The van der Waals surface area contributed by atoms with Crippen molar-refractivity contribution in [2.45, 2.75) is 12.5 Å². The molecule has 0 aliphatic carbocycles. The standard InChI is InChI=1S/C25H22ClFN2O6/c1-33-23-12-15-9-10-28(25(30)16-3-8-20(26)21(11-16)29(31)32)22(19(15)13-24(23)34-2)14-35-18-6-4-17(27)5-7-18/h3-8,11-13,22H,9-10,14H2,1-2H3/t22-/m0/s1. The van der Waals surface area contributed by atoms with Gasteiger partial charge in [-0.1, -0.05) is 11.6 Å². The number of halogens is 2. The Morgan fingerprint density at radius 3 is 2.46 bits per heavy atom. The summed E-state index contributed by atoms with van der Waals surface area (Å²) in [4.78, 5) is 25.9. The normalized spacial score (nSPS) is 14.7. The van der Waals surface area contributed by atoms with Gasteiger partial charge in [0.15, 0.2) is 11.5 Å². The summed E-state index contributed by atoms with van der Waals surface area (Å²) in [6.45, 7) is 0.407. The molecule has 35 heavy (non-hydrogen) atoms. The third-order valence-electron chi connectivity index (χ3n) is 5.87. The van der Waals surface area contributed by atoms with Gasteiger partial charge >= 0.3 is 0 Å². The highest BCUT2D eigenvalue weighted by Gasteiger charge is 2.34. The lowest BCUT2D eigenvalue weighted by Crippen LogP contribution is -2.42. The summed E-state index contributed by atoms with van der Waals surface area (Å²) in [6, 6.07) is 12.7. The maximum atomic E-state index is 13.5. The highest BCUT2D eigenvalue weighted by Crippen LogP contribution is 2.39. The largest absolute Gasteiger partial charge is 0.493 e. The number of nitrogens with zero attached hydrogens (tertiary/aromatic N) is 2. The van der Waals surface area contributed by atoms with Crippen LogP contribution in [0.1, 0.15) is 27.5 Å². The number of fused-ring (bicyclic) bond motifs is 1. The Hall–Kier alpha value is -3.85. The molecule has 0 radical (unpaired) electrons. The third kappa shape index (κ3) is 5.00. The Labute approximate surface area is 205 Å². The lowest BCUT2D eigenvalue weighted by molar-refractivity contribution is -0.384. The molecule has 0 fully saturated rings. The number of methoxy groups -OCH3 is 2. The quantitative estimate of drug-likeness (QED) is 0.326. The first-order chi connectivity index (χ1) is 16.8. The molecule has 3 aromatic rings. The zero-order valence-corrected chi connectivity index (χ0v) is 19.8. The maximum absolute atomic E-state index is 13.5. The van der Waals surface area contributed by atoms with Crippen molar-refractivity contribution in [3.63, 3.8) is 0 Å². The van der Waals surface area contributed by atoms with Crippen LogP contribution in [0.25, 0.3) is 0 Å². The van der Waals surface area contributed by atoms with Gasteiger partial charge in [-0.25, -0.2) is 4.39 Å². The smallest absolute Gasteiger partial charge is 0.288 e. The van der Waals surface area contributed by atoms with Gasteiger partial charge in [-0.15, -0.1) is 0 Å². The van der Waals surface area contributed by atoms with Crippen LogP contribution in [0, 0.1) is 15.9 Å². The topological polar surface area (TPSA) is 91.1 Å². The molecule has 0 saturated heterocycles. The van der Waals surface area contributed by atoms with Gasteiger partial charge in [-0.3, -0.25) is 14.9 Å². The van der Waals surface area contributed by atoms with Crippen LogP contribution >= 0.6 is 11.6 Å². The summed E-state index contributed by atoms with van der Waals surface area (Å²) in [5.74, 6) is 0.705. The van der Waals surface area contributed by atoms with E-state index in [2.05, 4.69) is 0 Å². The predicted octanol–water partition coefficient (Wildman–Crippen LogP) is 5.22. The van der Waals surface area contributed by atoms with E-state index in [9.17, 15) is 19.3 Å². The van der Waals surface area contributed by atoms with E-state index < -0.39 is 22.7 Å². The lowest BCUT2D eigenvalue weighted by Gasteiger charge is -2.37. The number of ether oxygens (including phenoxy) is 3. The lowest BCUT2D eigenvalue weighted by atomic mass is 9.91. The molecule has 0 N–H and O–H groups in total. The Kier molecular flexibility index (Phi) is 7.07. The van der Waals surface area contributed by atoms with Crippen molar-refractivity contribution in [3.05, 3.63) is 92.2 Å². The first-order valence-corrected chi connectivity index (χ1v) is 11.1. The number of rotatable bonds is 7. The number of hydrogen-bond donors (Lipinski definition) is 0. The van der Waals surface area contributed by atoms with Crippen molar-refractivity contribution < 1.29 is 28.3 Å². The number of nitro groups is 1. The number of carbonyl (C=O) groups excluding carboxylic acids is 1. The van der Waals surface area contributed by atoms with Gasteiger partial charge in [0.25, 0.3) is 11.6 Å². The molecule has 1 aliphatic heterocycles. The summed E-state index contributed by atoms with van der Waals surface area (Å²) in [6.07, 6.45) is 0.532. The maximum Gasteiger partial charge on any atom is 0.288 e. The average molecular weight is 501 g/mol. The zero-order chi connectivity index (χ0) is 25.1. The minimum absolute atomic E-state index is 0.0523. The molecule has 10 heteroatoms. The number of benzene rings is 3. The van der Waals surface area contributed by atoms with Crippen LogP contribution in [0.2, 0.25) is 5.02 Å². The average Bonchev–Trinajstić information content (AvgIpc) is 2.86. The fourth-order valence-electron chi connectivity index (χ4n) is 4.11. The van der Waals surface area contributed by atoms with Crippen LogP contribution in [0.5, 0.6) is 17.2 Å². The Morgan fingerprint density at radius 1 is 1.11 bits per heavy atom. The van der Waals surface area contributed by atoms with E-state index >= 15 is 0 Å². The minimum Gasteiger partial charge on any atom is -0.493 e. The second-order valence-corrected chi connectivity index (χ2v) is 8.27. The summed E-state index contributed by atoms with van der Waals surface area (Å²) in [7, 11) is 3.07. The number of amides is 1. The van der Waals surface area contributed by atoms with Crippen molar-refractivity contribution in [2.75, 3.05) is 27.4 Å². The Morgan fingerprint density at radius 2 is 1.80 bits per heavy atom. The first-order valence-electron chi connectivity index (χ1n) is 10.7. The van der Waals surface area contributed by atoms with Gasteiger partial charge in [-0.2, -0.15) is 0 Å². The van der Waals surface area contributed by atoms with Crippen LogP contribution in [0.15, 0.2) is 54.6 Å². The molecule has 1 heterocycles. The molecule has 0 spiro atoms. The van der Waals surface area contributed by atoms with Gasteiger partial charge in [0.1, 0.15) is 23.2 Å². The SMILES string of the molecule is COc1cc2c(cc1OC)[C@H](COc1ccc(F)cc1)N(C(=O)c1ccc(Cl)c([N+](=O)[O-])c1)CC2. The van der Waals surface area contributed by atoms with Crippen LogP contribution in [-0.2, 0) is 6.42 Å². The zero-order valence-electron chi connectivity index (χ0n) is 19.0. The molecule has 4 rings (SSSR count). The molecule has 182 valence electrons. The van der Waals surface area contributed by atoms with Gasteiger partial charge < -0.3 is 19.1 Å². The van der Waals surface area contributed by atoms with E-state index in [4.69, 9.17) is 25.8 Å². The van der Waals surface area contributed by atoms with E-state index in [1.165, 1.54) is 49.6 Å². The molecule has 1 aliphatic rings. The van der Waals surface area contributed by atoms with Crippen LogP contribution in [0.4, 0.5) is 10.1 Å². The molecule has 3 aromatic carbocycles. The van der Waals surface area contributed by atoms with Crippen LogP contribution in [0.3, 0.4) is 0 Å².